The van der Waals surface area contributed by atoms with Crippen LogP contribution in [0.15, 0.2) is 59.7 Å². The molecule has 2 heterocycles. The van der Waals surface area contributed by atoms with Gasteiger partial charge in [0.1, 0.15) is 0 Å². The highest BCUT2D eigenvalue weighted by Crippen LogP contribution is 2.24. The molecule has 0 bridgehead atoms. The Hall–Kier alpha value is -2.20. The number of hydrogen-bond donors (Lipinski definition) is 1. The normalized spacial score (nSPS) is 10.6. The largest absolute Gasteiger partial charge is 0.472 e. The molecule has 0 atom stereocenters. The molecule has 0 saturated carbocycles. The van der Waals surface area contributed by atoms with Crippen LogP contribution < -0.4 is 5.32 Å². The lowest BCUT2D eigenvalue weighted by Gasteiger charge is -2.12. The molecule has 0 saturated heterocycles. The number of benzene rings is 1. The fraction of sp³-hybridized carbons (Fsp3) is 0.0714. The molecule has 0 unspecified atom stereocenters. The number of nitrogens with one attached hydrogen (secondary N) is 1. The summed E-state index contributed by atoms with van der Waals surface area (Å²) in [5.41, 5.74) is 2.96. The molecule has 3 aromatic rings. The topological polar surface area (TPSA) is 43.0 Å². The van der Waals surface area contributed by atoms with Gasteiger partial charge in [-0.15, -0.1) is 0 Å². The Kier molecular flexibility index (Phi) is 3.25. The van der Waals surface area contributed by atoms with E-state index in [2.05, 4.69) is 10.4 Å². The molecule has 5 heteroatoms. The lowest BCUT2D eigenvalue weighted by molar-refractivity contribution is 0.564. The summed E-state index contributed by atoms with van der Waals surface area (Å²) in [7, 11) is 0. The minimum absolute atomic E-state index is 0.672. The molecule has 0 fully saturated rings. The molecule has 19 heavy (non-hydrogen) atoms. The maximum absolute atomic E-state index is 6.05. The second-order valence-electron chi connectivity index (χ2n) is 4.10. The van der Waals surface area contributed by atoms with Gasteiger partial charge in [0, 0.05) is 29.5 Å². The van der Waals surface area contributed by atoms with Crippen molar-refractivity contribution in [1.82, 2.24) is 9.78 Å². The smallest absolute Gasteiger partial charge is 0.0952 e. The predicted octanol–water partition coefficient (Wildman–Crippen LogP) is 3.73. The van der Waals surface area contributed by atoms with E-state index in [-0.39, 0.29) is 0 Å². The molecule has 3 rings (SSSR count). The third-order valence-electron chi connectivity index (χ3n) is 2.77. The third-order valence-corrected chi connectivity index (χ3v) is 3.01. The van der Waals surface area contributed by atoms with E-state index in [0.717, 1.165) is 16.9 Å². The van der Waals surface area contributed by atoms with Crippen LogP contribution in [0, 0.1) is 0 Å². The zero-order chi connectivity index (χ0) is 13.1. The van der Waals surface area contributed by atoms with Gasteiger partial charge in [0.25, 0.3) is 0 Å². The summed E-state index contributed by atoms with van der Waals surface area (Å²) in [6, 6.07) is 9.48. The van der Waals surface area contributed by atoms with Crippen molar-refractivity contribution in [3.8, 4) is 5.69 Å². The predicted molar refractivity (Wildman–Crippen MR) is 74.6 cm³/mol. The van der Waals surface area contributed by atoms with Crippen LogP contribution in [0.25, 0.3) is 5.69 Å². The van der Waals surface area contributed by atoms with Crippen LogP contribution in [0.4, 0.5) is 5.69 Å². The summed E-state index contributed by atoms with van der Waals surface area (Å²) in [5, 5.41) is 8.26. The zero-order valence-corrected chi connectivity index (χ0v) is 10.8. The second-order valence-corrected chi connectivity index (χ2v) is 4.53. The van der Waals surface area contributed by atoms with Crippen molar-refractivity contribution in [1.29, 1.82) is 0 Å². The van der Waals surface area contributed by atoms with Crippen molar-refractivity contribution in [2.45, 2.75) is 6.54 Å². The monoisotopic (exact) mass is 273 g/mol. The fourth-order valence-corrected chi connectivity index (χ4v) is 2.02. The van der Waals surface area contributed by atoms with Crippen molar-refractivity contribution in [2.75, 3.05) is 5.32 Å². The Bertz CT molecular complexity index is 647. The summed E-state index contributed by atoms with van der Waals surface area (Å²) in [6.45, 7) is 0.672. The van der Waals surface area contributed by atoms with Gasteiger partial charge in [-0.25, -0.2) is 4.68 Å². The Morgan fingerprint density at radius 3 is 3.00 bits per heavy atom. The first-order valence-electron chi connectivity index (χ1n) is 5.87. The van der Waals surface area contributed by atoms with E-state index in [9.17, 15) is 0 Å². The van der Waals surface area contributed by atoms with Crippen molar-refractivity contribution >= 4 is 17.3 Å². The van der Waals surface area contributed by atoms with Crippen molar-refractivity contribution in [3.63, 3.8) is 0 Å². The highest BCUT2D eigenvalue weighted by atomic mass is 35.5. The molecule has 0 aliphatic heterocycles. The van der Waals surface area contributed by atoms with Crippen LogP contribution in [0.2, 0.25) is 5.02 Å². The molecular weight excluding hydrogens is 262 g/mol. The molecule has 96 valence electrons. The van der Waals surface area contributed by atoms with E-state index in [1.54, 1.807) is 23.4 Å². The van der Waals surface area contributed by atoms with Crippen molar-refractivity contribution in [2.24, 2.45) is 0 Å². The van der Waals surface area contributed by atoms with Gasteiger partial charge in [0.15, 0.2) is 0 Å². The summed E-state index contributed by atoms with van der Waals surface area (Å²) in [5.74, 6) is 0. The van der Waals surface area contributed by atoms with Gasteiger partial charge in [-0.1, -0.05) is 11.6 Å². The van der Waals surface area contributed by atoms with Gasteiger partial charge < -0.3 is 9.73 Å². The van der Waals surface area contributed by atoms with E-state index in [0.29, 0.717) is 11.6 Å². The van der Waals surface area contributed by atoms with Crippen LogP contribution in [0.1, 0.15) is 5.56 Å². The molecule has 4 nitrogen and oxygen atoms in total. The number of anilines is 1. The van der Waals surface area contributed by atoms with Gasteiger partial charge in [-0.05, 0) is 30.3 Å². The molecule has 2 aromatic heterocycles. The van der Waals surface area contributed by atoms with Crippen LogP contribution >= 0.6 is 11.6 Å². The molecular formula is C14H12ClN3O. The molecule has 0 aliphatic carbocycles. The van der Waals surface area contributed by atoms with Crippen molar-refractivity contribution < 1.29 is 4.42 Å². The quantitative estimate of drug-likeness (QED) is 0.788. The number of nitrogens with zero attached hydrogens (tertiary/aromatic N) is 2. The van der Waals surface area contributed by atoms with E-state index in [1.165, 1.54) is 0 Å². The highest BCUT2D eigenvalue weighted by molar-refractivity contribution is 6.31. The zero-order valence-electron chi connectivity index (χ0n) is 10.1. The lowest BCUT2D eigenvalue weighted by Crippen LogP contribution is -2.04. The van der Waals surface area contributed by atoms with Crippen LogP contribution in [-0.2, 0) is 6.54 Å². The summed E-state index contributed by atoms with van der Waals surface area (Å²) < 4.78 is 6.85. The van der Waals surface area contributed by atoms with Gasteiger partial charge in [0.05, 0.1) is 23.9 Å². The Balaban J connectivity index is 1.88. The maximum Gasteiger partial charge on any atom is 0.0952 e. The Labute approximate surface area is 115 Å². The van der Waals surface area contributed by atoms with Gasteiger partial charge in [-0.2, -0.15) is 5.10 Å². The highest BCUT2D eigenvalue weighted by Gasteiger charge is 2.06. The number of furan rings is 1. The van der Waals surface area contributed by atoms with Gasteiger partial charge >= 0.3 is 0 Å². The van der Waals surface area contributed by atoms with Crippen LogP contribution in [-0.4, -0.2) is 9.78 Å². The SMILES string of the molecule is Clc1ccc(-n2cccn2)c(NCc2ccoc2)c1. The van der Waals surface area contributed by atoms with E-state index >= 15 is 0 Å². The number of aromatic nitrogens is 2. The second kappa shape index (κ2) is 5.20. The molecule has 0 spiro atoms. The number of hydrogen-bond acceptors (Lipinski definition) is 3. The minimum Gasteiger partial charge on any atom is -0.472 e. The molecule has 1 aromatic carbocycles. The summed E-state index contributed by atoms with van der Waals surface area (Å²) in [4.78, 5) is 0. The lowest BCUT2D eigenvalue weighted by atomic mass is 10.2. The van der Waals surface area contributed by atoms with Crippen molar-refractivity contribution in [3.05, 3.63) is 65.8 Å². The Morgan fingerprint density at radius 1 is 1.32 bits per heavy atom. The Morgan fingerprint density at radius 2 is 2.26 bits per heavy atom. The van der Waals surface area contributed by atoms with Crippen LogP contribution in [0.5, 0.6) is 0 Å². The molecule has 0 radical (unpaired) electrons. The van der Waals surface area contributed by atoms with Crippen LogP contribution in [0.3, 0.4) is 0 Å². The molecule has 1 N–H and O–H groups in total. The first-order chi connectivity index (χ1) is 9.33. The average molecular weight is 274 g/mol. The van der Waals surface area contributed by atoms with Gasteiger partial charge in [0.2, 0.25) is 0 Å². The molecule has 0 aliphatic rings. The van der Waals surface area contributed by atoms with E-state index < -0.39 is 0 Å². The standard InChI is InChI=1S/C14H12ClN3O/c15-12-2-3-14(18-6-1-5-17-18)13(8-12)16-9-11-4-7-19-10-11/h1-8,10,16H,9H2. The maximum atomic E-state index is 6.05. The first kappa shape index (κ1) is 11.9. The third kappa shape index (κ3) is 2.63. The van der Waals surface area contributed by atoms with E-state index in [1.807, 2.05) is 36.5 Å². The number of halogens is 1. The van der Waals surface area contributed by atoms with E-state index in [4.69, 9.17) is 16.0 Å². The number of rotatable bonds is 4. The summed E-state index contributed by atoms with van der Waals surface area (Å²) >= 11 is 6.05. The fourth-order valence-electron chi connectivity index (χ4n) is 1.85. The minimum atomic E-state index is 0.672. The van der Waals surface area contributed by atoms with Gasteiger partial charge in [-0.3, -0.25) is 0 Å². The first-order valence-corrected chi connectivity index (χ1v) is 6.25. The molecule has 0 amide bonds. The summed E-state index contributed by atoms with van der Waals surface area (Å²) in [6.07, 6.45) is 7.01. The average Bonchev–Trinajstić information content (AvgIpc) is 3.10.